The normalized spacial score (nSPS) is 11.9. The standard InChI is InChI=1S/C14H12N2O2S/c17-15-10-14(16-18)11-6-8-13(9-7-11)19-12-4-2-1-3-5-12/h1-10,17-18H. The van der Waals surface area contributed by atoms with Gasteiger partial charge in [0.2, 0.25) is 0 Å². The van der Waals surface area contributed by atoms with Crippen LogP contribution in [0.2, 0.25) is 0 Å². The molecule has 0 aromatic heterocycles. The Labute approximate surface area is 115 Å². The summed E-state index contributed by atoms with van der Waals surface area (Å²) in [6.07, 6.45) is 1.08. The maximum absolute atomic E-state index is 8.80. The Bertz CT molecular complexity index is 580. The fourth-order valence-corrected chi connectivity index (χ4v) is 2.37. The van der Waals surface area contributed by atoms with Gasteiger partial charge in [-0.3, -0.25) is 0 Å². The van der Waals surface area contributed by atoms with E-state index in [9.17, 15) is 0 Å². The SMILES string of the molecule is ON=CC(=NO)c1ccc(Sc2ccccc2)cc1. The minimum atomic E-state index is 0.207. The number of hydrogen-bond donors (Lipinski definition) is 2. The molecule has 5 heteroatoms. The molecule has 2 aromatic carbocycles. The summed E-state index contributed by atoms with van der Waals surface area (Å²) in [6, 6.07) is 17.5. The molecule has 0 aliphatic rings. The van der Waals surface area contributed by atoms with Crippen LogP contribution in [-0.2, 0) is 0 Å². The van der Waals surface area contributed by atoms with E-state index in [1.54, 1.807) is 11.8 Å². The van der Waals surface area contributed by atoms with Gasteiger partial charge in [0.15, 0.2) is 0 Å². The van der Waals surface area contributed by atoms with Crippen LogP contribution in [0.4, 0.5) is 0 Å². The maximum atomic E-state index is 8.80. The molecule has 0 atom stereocenters. The van der Waals surface area contributed by atoms with Gasteiger partial charge < -0.3 is 10.4 Å². The van der Waals surface area contributed by atoms with E-state index in [1.165, 1.54) is 0 Å². The van der Waals surface area contributed by atoms with E-state index in [-0.39, 0.29) is 5.71 Å². The molecule has 0 unspecified atom stereocenters. The van der Waals surface area contributed by atoms with Crippen molar-refractivity contribution in [1.82, 2.24) is 0 Å². The van der Waals surface area contributed by atoms with Crippen molar-refractivity contribution < 1.29 is 10.4 Å². The molecule has 19 heavy (non-hydrogen) atoms. The van der Waals surface area contributed by atoms with Crippen LogP contribution in [0, 0.1) is 0 Å². The van der Waals surface area contributed by atoms with Gasteiger partial charge >= 0.3 is 0 Å². The fraction of sp³-hybridized carbons (Fsp3) is 0. The maximum Gasteiger partial charge on any atom is 0.131 e. The third-order valence-corrected chi connectivity index (χ3v) is 3.43. The molecule has 2 aromatic rings. The molecular weight excluding hydrogens is 260 g/mol. The van der Waals surface area contributed by atoms with Crippen LogP contribution in [0.15, 0.2) is 74.7 Å². The molecule has 0 aliphatic carbocycles. The Hall–Kier alpha value is -2.27. The van der Waals surface area contributed by atoms with Gasteiger partial charge in [-0.25, -0.2) is 0 Å². The Balaban J connectivity index is 2.15. The average Bonchev–Trinajstić information content (AvgIpc) is 2.47. The van der Waals surface area contributed by atoms with Gasteiger partial charge in [-0.15, -0.1) is 0 Å². The van der Waals surface area contributed by atoms with Crippen molar-refractivity contribution in [3.05, 3.63) is 60.2 Å². The predicted octanol–water partition coefficient (Wildman–Crippen LogP) is 3.48. The van der Waals surface area contributed by atoms with Crippen LogP contribution in [-0.4, -0.2) is 22.3 Å². The van der Waals surface area contributed by atoms with E-state index in [1.807, 2.05) is 54.6 Å². The van der Waals surface area contributed by atoms with E-state index in [0.717, 1.165) is 16.0 Å². The van der Waals surface area contributed by atoms with Crippen LogP contribution in [0.1, 0.15) is 5.56 Å². The largest absolute Gasteiger partial charge is 0.411 e. The van der Waals surface area contributed by atoms with E-state index < -0.39 is 0 Å². The van der Waals surface area contributed by atoms with Gasteiger partial charge in [-0.2, -0.15) is 0 Å². The number of rotatable bonds is 4. The van der Waals surface area contributed by atoms with Crippen molar-refractivity contribution in [1.29, 1.82) is 0 Å². The van der Waals surface area contributed by atoms with Gasteiger partial charge in [0.05, 0.1) is 6.21 Å². The molecule has 0 fully saturated rings. The van der Waals surface area contributed by atoms with Crippen molar-refractivity contribution in [3.63, 3.8) is 0 Å². The highest BCUT2D eigenvalue weighted by Gasteiger charge is 2.02. The van der Waals surface area contributed by atoms with Gasteiger partial charge in [-0.1, -0.05) is 52.4 Å². The lowest BCUT2D eigenvalue weighted by molar-refractivity contribution is 0.316. The first kappa shape index (κ1) is 13.2. The van der Waals surface area contributed by atoms with E-state index in [2.05, 4.69) is 10.3 Å². The second-order valence-electron chi connectivity index (χ2n) is 3.67. The zero-order chi connectivity index (χ0) is 13.5. The highest BCUT2D eigenvalue weighted by atomic mass is 32.2. The molecule has 0 bridgehead atoms. The molecule has 0 aliphatic heterocycles. The van der Waals surface area contributed by atoms with Crippen LogP contribution >= 0.6 is 11.8 Å². The molecule has 0 radical (unpaired) electrons. The van der Waals surface area contributed by atoms with Crippen molar-refractivity contribution >= 4 is 23.7 Å². The Kier molecular flexibility index (Phi) is 4.58. The average molecular weight is 272 g/mol. The summed E-state index contributed by atoms with van der Waals surface area (Å²) in [6.45, 7) is 0. The third-order valence-electron chi connectivity index (χ3n) is 2.42. The molecule has 0 saturated carbocycles. The van der Waals surface area contributed by atoms with E-state index in [0.29, 0.717) is 5.56 Å². The fourth-order valence-electron chi connectivity index (χ4n) is 1.53. The molecule has 0 heterocycles. The predicted molar refractivity (Wildman–Crippen MR) is 75.6 cm³/mol. The van der Waals surface area contributed by atoms with Crippen molar-refractivity contribution in [3.8, 4) is 0 Å². The van der Waals surface area contributed by atoms with Crippen LogP contribution in [0.25, 0.3) is 0 Å². The minimum absolute atomic E-state index is 0.207. The first-order valence-electron chi connectivity index (χ1n) is 5.56. The number of oxime groups is 2. The van der Waals surface area contributed by atoms with E-state index >= 15 is 0 Å². The molecule has 2 rings (SSSR count). The van der Waals surface area contributed by atoms with E-state index in [4.69, 9.17) is 10.4 Å². The van der Waals surface area contributed by atoms with Crippen LogP contribution < -0.4 is 0 Å². The lowest BCUT2D eigenvalue weighted by Crippen LogP contribution is -2.02. The summed E-state index contributed by atoms with van der Waals surface area (Å²) in [7, 11) is 0. The molecule has 2 N–H and O–H groups in total. The first-order valence-corrected chi connectivity index (χ1v) is 6.38. The number of nitrogens with zero attached hydrogens (tertiary/aromatic N) is 2. The van der Waals surface area contributed by atoms with Gasteiger partial charge in [0, 0.05) is 15.4 Å². The summed E-state index contributed by atoms with van der Waals surface area (Å²) in [5, 5.41) is 23.2. The quantitative estimate of drug-likeness (QED) is 0.509. The third kappa shape index (κ3) is 3.59. The lowest BCUT2D eigenvalue weighted by Gasteiger charge is -2.03. The molecular formula is C14H12N2O2S. The van der Waals surface area contributed by atoms with Crippen molar-refractivity contribution in [2.24, 2.45) is 10.3 Å². The Morgan fingerprint density at radius 2 is 1.53 bits per heavy atom. The zero-order valence-electron chi connectivity index (χ0n) is 9.97. The Morgan fingerprint density at radius 3 is 2.11 bits per heavy atom. The lowest BCUT2D eigenvalue weighted by atomic mass is 10.1. The number of hydrogen-bond acceptors (Lipinski definition) is 5. The highest BCUT2D eigenvalue weighted by molar-refractivity contribution is 7.99. The van der Waals surface area contributed by atoms with Crippen LogP contribution in [0.5, 0.6) is 0 Å². The highest BCUT2D eigenvalue weighted by Crippen LogP contribution is 2.27. The topological polar surface area (TPSA) is 65.2 Å². The summed E-state index contributed by atoms with van der Waals surface area (Å²) in [5.74, 6) is 0. The van der Waals surface area contributed by atoms with Crippen molar-refractivity contribution in [2.45, 2.75) is 9.79 Å². The van der Waals surface area contributed by atoms with Gasteiger partial charge in [0.25, 0.3) is 0 Å². The van der Waals surface area contributed by atoms with Gasteiger partial charge in [0.1, 0.15) is 5.71 Å². The Morgan fingerprint density at radius 1 is 0.895 bits per heavy atom. The summed E-state index contributed by atoms with van der Waals surface area (Å²) in [5.41, 5.74) is 0.886. The molecule has 96 valence electrons. The van der Waals surface area contributed by atoms with Crippen molar-refractivity contribution in [2.75, 3.05) is 0 Å². The molecule has 0 saturated heterocycles. The smallest absolute Gasteiger partial charge is 0.131 e. The summed E-state index contributed by atoms with van der Waals surface area (Å²) in [4.78, 5) is 2.23. The minimum Gasteiger partial charge on any atom is -0.411 e. The second kappa shape index (κ2) is 6.61. The molecule has 0 amide bonds. The number of benzene rings is 2. The second-order valence-corrected chi connectivity index (χ2v) is 4.82. The zero-order valence-corrected chi connectivity index (χ0v) is 10.8. The molecule has 4 nitrogen and oxygen atoms in total. The monoisotopic (exact) mass is 272 g/mol. The molecule has 0 spiro atoms. The first-order chi connectivity index (χ1) is 9.33. The summed E-state index contributed by atoms with van der Waals surface area (Å²) < 4.78 is 0. The van der Waals surface area contributed by atoms with Gasteiger partial charge in [-0.05, 0) is 24.3 Å². The van der Waals surface area contributed by atoms with Crippen LogP contribution in [0.3, 0.4) is 0 Å². The summed E-state index contributed by atoms with van der Waals surface area (Å²) >= 11 is 1.64.